The maximum absolute atomic E-state index is 14.6. The Morgan fingerprint density at radius 3 is 2.73 bits per heavy atom. The number of halogens is 4. The Balaban J connectivity index is 1.54. The molecule has 3 aromatic heterocycles. The van der Waals surface area contributed by atoms with E-state index in [2.05, 4.69) is 20.2 Å². The van der Waals surface area contributed by atoms with E-state index in [1.54, 1.807) is 22.9 Å². The number of hydrogen-bond donors (Lipinski definition) is 0. The van der Waals surface area contributed by atoms with Crippen LogP contribution in [0.5, 0.6) is 5.75 Å². The molecular formula is C20H16F4N6O3. The number of pyridine rings is 2. The van der Waals surface area contributed by atoms with Gasteiger partial charge in [-0.25, -0.2) is 9.37 Å². The minimum atomic E-state index is -5.03. The summed E-state index contributed by atoms with van der Waals surface area (Å²) in [5.41, 5.74) is -1.94. The molecule has 33 heavy (non-hydrogen) atoms. The van der Waals surface area contributed by atoms with Crippen molar-refractivity contribution < 1.29 is 31.8 Å². The van der Waals surface area contributed by atoms with Gasteiger partial charge in [0.15, 0.2) is 23.2 Å². The van der Waals surface area contributed by atoms with Crippen molar-refractivity contribution in [2.45, 2.75) is 24.8 Å². The second-order valence-electron chi connectivity index (χ2n) is 7.51. The van der Waals surface area contributed by atoms with Gasteiger partial charge < -0.3 is 18.9 Å². The molecule has 2 aliphatic rings. The Labute approximate surface area is 184 Å². The van der Waals surface area contributed by atoms with Gasteiger partial charge in [-0.05, 0) is 12.1 Å². The van der Waals surface area contributed by atoms with Gasteiger partial charge in [-0.2, -0.15) is 13.2 Å². The number of carbonyl (C=O) groups is 1. The number of carbonyl (C=O) groups excluding carboxylic acids is 1. The van der Waals surface area contributed by atoms with E-state index in [9.17, 15) is 22.4 Å². The van der Waals surface area contributed by atoms with Crippen LogP contribution in [0.2, 0.25) is 0 Å². The molecule has 2 unspecified atom stereocenters. The van der Waals surface area contributed by atoms with Crippen molar-refractivity contribution in [1.82, 2.24) is 29.6 Å². The third kappa shape index (κ3) is 3.48. The SMILES string of the molecule is COc1ccnc(-c2nnc3n2CC2COCC3N2C(=O)c2ccnc(C(F)(F)F)c2F)c1. The molecule has 0 N–H and O–H groups in total. The summed E-state index contributed by atoms with van der Waals surface area (Å²) in [6, 6.07) is 2.96. The number of morpholine rings is 1. The molecule has 2 atom stereocenters. The molecule has 3 aromatic rings. The summed E-state index contributed by atoms with van der Waals surface area (Å²) >= 11 is 0. The average molecular weight is 464 g/mol. The topological polar surface area (TPSA) is 95.3 Å². The fraction of sp³-hybridized carbons (Fsp3) is 0.350. The van der Waals surface area contributed by atoms with E-state index >= 15 is 0 Å². The molecule has 0 aliphatic carbocycles. The first-order chi connectivity index (χ1) is 15.8. The Kier molecular flexibility index (Phi) is 5.00. The highest BCUT2D eigenvalue weighted by atomic mass is 19.4. The maximum Gasteiger partial charge on any atom is 0.436 e. The molecule has 0 radical (unpaired) electrons. The number of aromatic nitrogens is 5. The highest BCUT2D eigenvalue weighted by Crippen LogP contribution is 2.37. The Hall–Kier alpha value is -3.61. The number of fused-ring (bicyclic) bond motifs is 4. The number of nitrogens with zero attached hydrogens (tertiary/aromatic N) is 6. The van der Waals surface area contributed by atoms with Crippen molar-refractivity contribution in [3.8, 4) is 17.3 Å². The molecule has 5 rings (SSSR count). The van der Waals surface area contributed by atoms with Crippen LogP contribution in [0.4, 0.5) is 17.6 Å². The average Bonchev–Trinajstić information content (AvgIpc) is 3.21. The lowest BCUT2D eigenvalue weighted by molar-refractivity contribution is -0.143. The first-order valence-corrected chi connectivity index (χ1v) is 9.85. The minimum absolute atomic E-state index is 0.0325. The zero-order valence-corrected chi connectivity index (χ0v) is 17.1. The van der Waals surface area contributed by atoms with Crippen molar-refractivity contribution >= 4 is 5.91 Å². The fourth-order valence-corrected chi connectivity index (χ4v) is 4.13. The second-order valence-corrected chi connectivity index (χ2v) is 7.51. The van der Waals surface area contributed by atoms with Crippen LogP contribution in [0.25, 0.3) is 11.5 Å². The number of rotatable bonds is 3. The molecule has 1 fully saturated rings. The predicted octanol–water partition coefficient (Wildman–Crippen LogP) is 2.50. The van der Waals surface area contributed by atoms with Gasteiger partial charge in [0.25, 0.3) is 5.91 Å². The molecule has 0 saturated carbocycles. The summed E-state index contributed by atoms with van der Waals surface area (Å²) < 4.78 is 66.5. The van der Waals surface area contributed by atoms with Crippen LogP contribution < -0.4 is 4.74 Å². The van der Waals surface area contributed by atoms with Crippen molar-refractivity contribution in [3.63, 3.8) is 0 Å². The lowest BCUT2D eigenvalue weighted by Crippen LogP contribution is -2.56. The molecular weight excluding hydrogens is 448 g/mol. The fourth-order valence-electron chi connectivity index (χ4n) is 4.13. The highest BCUT2D eigenvalue weighted by molar-refractivity contribution is 5.95. The van der Waals surface area contributed by atoms with Gasteiger partial charge in [0.1, 0.15) is 17.5 Å². The standard InChI is InChI=1S/C20H16F4N6O3/c1-32-11-2-4-25-13(6-11)17-27-28-18-14-9-33-8-10(7-29(17)18)30(14)19(31)12-3-5-26-16(15(12)21)20(22,23)24/h2-6,10,14H,7-9H2,1H3. The molecule has 2 bridgehead atoms. The quantitative estimate of drug-likeness (QED) is 0.550. The molecule has 1 saturated heterocycles. The molecule has 13 heteroatoms. The lowest BCUT2D eigenvalue weighted by atomic mass is 10.0. The number of alkyl halides is 3. The number of ether oxygens (including phenoxy) is 2. The van der Waals surface area contributed by atoms with Crippen LogP contribution in [0, 0.1) is 5.82 Å². The molecule has 5 heterocycles. The number of hydrogen-bond acceptors (Lipinski definition) is 7. The second kappa shape index (κ2) is 7.76. The Morgan fingerprint density at radius 2 is 1.97 bits per heavy atom. The molecule has 172 valence electrons. The van der Waals surface area contributed by atoms with Crippen molar-refractivity contribution in [2.24, 2.45) is 0 Å². The molecule has 9 nitrogen and oxygen atoms in total. The summed E-state index contributed by atoms with van der Waals surface area (Å²) in [6.45, 7) is 0.339. The lowest BCUT2D eigenvalue weighted by Gasteiger charge is -2.45. The number of methoxy groups -OCH3 is 1. The van der Waals surface area contributed by atoms with E-state index in [-0.39, 0.29) is 19.8 Å². The van der Waals surface area contributed by atoms with Gasteiger partial charge in [0.05, 0.1) is 31.9 Å². The van der Waals surface area contributed by atoms with Gasteiger partial charge in [-0.15, -0.1) is 10.2 Å². The van der Waals surface area contributed by atoms with Crippen LogP contribution in [0.3, 0.4) is 0 Å². The van der Waals surface area contributed by atoms with Crippen LogP contribution in [-0.2, 0) is 17.5 Å². The van der Waals surface area contributed by atoms with E-state index < -0.39 is 41.2 Å². The van der Waals surface area contributed by atoms with E-state index in [1.807, 2.05) is 0 Å². The largest absolute Gasteiger partial charge is 0.497 e. The zero-order valence-electron chi connectivity index (χ0n) is 17.1. The third-order valence-corrected chi connectivity index (χ3v) is 5.60. The molecule has 0 spiro atoms. The Bertz CT molecular complexity index is 1230. The molecule has 2 aliphatic heterocycles. The van der Waals surface area contributed by atoms with Crippen LogP contribution in [0.15, 0.2) is 30.6 Å². The van der Waals surface area contributed by atoms with Crippen LogP contribution >= 0.6 is 0 Å². The van der Waals surface area contributed by atoms with E-state index in [0.29, 0.717) is 23.1 Å². The summed E-state index contributed by atoms with van der Waals surface area (Å²) in [7, 11) is 1.52. The first kappa shape index (κ1) is 21.2. The Morgan fingerprint density at radius 1 is 1.18 bits per heavy atom. The van der Waals surface area contributed by atoms with Gasteiger partial charge >= 0.3 is 6.18 Å². The molecule has 0 aromatic carbocycles. The van der Waals surface area contributed by atoms with Crippen LogP contribution in [-0.4, -0.2) is 61.9 Å². The minimum Gasteiger partial charge on any atom is -0.497 e. The predicted molar refractivity (Wildman–Crippen MR) is 103 cm³/mol. The maximum atomic E-state index is 14.6. The van der Waals surface area contributed by atoms with E-state index in [4.69, 9.17) is 9.47 Å². The molecule has 1 amide bonds. The summed E-state index contributed by atoms with van der Waals surface area (Å²) in [5.74, 6) is -1.22. The number of amides is 1. The summed E-state index contributed by atoms with van der Waals surface area (Å²) in [5, 5.41) is 8.39. The third-order valence-electron chi connectivity index (χ3n) is 5.60. The van der Waals surface area contributed by atoms with Gasteiger partial charge in [0, 0.05) is 25.0 Å². The van der Waals surface area contributed by atoms with Crippen molar-refractivity contribution in [1.29, 1.82) is 0 Å². The van der Waals surface area contributed by atoms with Crippen molar-refractivity contribution in [2.75, 3.05) is 20.3 Å². The van der Waals surface area contributed by atoms with Crippen molar-refractivity contribution in [3.05, 3.63) is 53.5 Å². The van der Waals surface area contributed by atoms with Gasteiger partial charge in [-0.1, -0.05) is 0 Å². The van der Waals surface area contributed by atoms with E-state index in [1.165, 1.54) is 12.0 Å². The van der Waals surface area contributed by atoms with Crippen LogP contribution in [0.1, 0.15) is 27.9 Å². The smallest absolute Gasteiger partial charge is 0.436 e. The normalized spacial score (nSPS) is 19.8. The highest BCUT2D eigenvalue weighted by Gasteiger charge is 2.45. The van der Waals surface area contributed by atoms with Gasteiger partial charge in [-0.3, -0.25) is 9.78 Å². The first-order valence-electron chi connectivity index (χ1n) is 9.85. The van der Waals surface area contributed by atoms with E-state index in [0.717, 1.165) is 12.3 Å². The zero-order chi connectivity index (χ0) is 23.3. The van der Waals surface area contributed by atoms with Gasteiger partial charge in [0.2, 0.25) is 0 Å². The monoisotopic (exact) mass is 464 g/mol. The summed E-state index contributed by atoms with van der Waals surface area (Å²) in [4.78, 5) is 21.9. The summed E-state index contributed by atoms with van der Waals surface area (Å²) in [6.07, 6.45) is -2.70.